The van der Waals surface area contributed by atoms with E-state index in [0.29, 0.717) is 11.5 Å². The Kier molecular flexibility index (Phi) is 4.44. The molecule has 0 aromatic heterocycles. The quantitative estimate of drug-likeness (QED) is 0.802. The van der Waals surface area contributed by atoms with E-state index in [2.05, 4.69) is 4.36 Å². The summed E-state index contributed by atoms with van der Waals surface area (Å²) < 4.78 is 63.0. The van der Waals surface area contributed by atoms with Crippen LogP contribution in [0.2, 0.25) is 0 Å². The molecule has 8 heteroatoms. The van der Waals surface area contributed by atoms with Gasteiger partial charge in [0.25, 0.3) is 0 Å². The average molecular weight is 297 g/mol. The van der Waals surface area contributed by atoms with E-state index >= 15 is 0 Å². The Hall–Kier alpha value is -1.02. The number of hydrogen-bond acceptors (Lipinski definition) is 4. The van der Waals surface area contributed by atoms with E-state index in [1.54, 1.807) is 13.8 Å². The lowest BCUT2D eigenvalue weighted by Gasteiger charge is -2.04. The van der Waals surface area contributed by atoms with Crippen molar-refractivity contribution in [3.63, 3.8) is 0 Å². The van der Waals surface area contributed by atoms with Gasteiger partial charge >= 0.3 is 10.2 Å². The van der Waals surface area contributed by atoms with Crippen LogP contribution >= 0.6 is 0 Å². The summed E-state index contributed by atoms with van der Waals surface area (Å²) in [5.74, 6) is -0.643. The third-order valence-electron chi connectivity index (χ3n) is 2.35. The van der Waals surface area contributed by atoms with Gasteiger partial charge < -0.3 is 0 Å². The van der Waals surface area contributed by atoms with Crippen molar-refractivity contribution in [2.75, 3.05) is 11.5 Å². The highest BCUT2D eigenvalue weighted by molar-refractivity contribution is 7.93. The highest BCUT2D eigenvalue weighted by atomic mass is 32.3. The maximum atomic E-state index is 13.4. The molecule has 0 amide bonds. The van der Waals surface area contributed by atoms with E-state index in [4.69, 9.17) is 0 Å². The lowest BCUT2D eigenvalue weighted by Crippen LogP contribution is -2.05. The second kappa shape index (κ2) is 5.31. The first-order valence-corrected chi connectivity index (χ1v) is 8.42. The van der Waals surface area contributed by atoms with Crippen molar-refractivity contribution in [3.05, 3.63) is 24.0 Å². The molecule has 0 fully saturated rings. The highest BCUT2D eigenvalue weighted by Gasteiger charge is 2.18. The van der Waals surface area contributed by atoms with Gasteiger partial charge in [0, 0.05) is 17.6 Å². The van der Waals surface area contributed by atoms with Gasteiger partial charge in [-0.15, -0.1) is 3.89 Å². The molecule has 0 heterocycles. The van der Waals surface area contributed by atoms with Gasteiger partial charge in [-0.05, 0) is 12.1 Å². The predicted molar refractivity (Wildman–Crippen MR) is 66.0 cm³/mol. The zero-order valence-electron chi connectivity index (χ0n) is 9.89. The van der Waals surface area contributed by atoms with Crippen LogP contribution in [0, 0.1) is 5.82 Å². The van der Waals surface area contributed by atoms with Crippen LogP contribution in [-0.4, -0.2) is 24.1 Å². The van der Waals surface area contributed by atoms with Crippen molar-refractivity contribution in [2.45, 2.75) is 18.7 Å². The highest BCUT2D eigenvalue weighted by Crippen LogP contribution is 2.23. The number of benzene rings is 1. The first-order valence-electron chi connectivity index (χ1n) is 5.18. The number of nitrogens with zero attached hydrogens (tertiary/aromatic N) is 1. The summed E-state index contributed by atoms with van der Waals surface area (Å²) in [6, 6.07) is 2.66. The summed E-state index contributed by atoms with van der Waals surface area (Å²) in [6.07, 6.45) is 0. The molecule has 0 aliphatic heterocycles. The molecule has 1 aromatic carbocycles. The summed E-state index contributed by atoms with van der Waals surface area (Å²) in [5.41, 5.74) is 0.0357. The molecular formula is C10H13F2NO3S2. The van der Waals surface area contributed by atoms with Crippen LogP contribution in [0.15, 0.2) is 27.5 Å². The zero-order valence-corrected chi connectivity index (χ0v) is 11.5. The molecule has 0 unspecified atom stereocenters. The van der Waals surface area contributed by atoms with Crippen molar-refractivity contribution in [2.24, 2.45) is 4.36 Å². The van der Waals surface area contributed by atoms with Crippen molar-refractivity contribution in [3.8, 4) is 0 Å². The van der Waals surface area contributed by atoms with Gasteiger partial charge in [-0.2, -0.15) is 12.8 Å². The number of rotatable bonds is 4. The molecule has 0 aliphatic rings. The minimum absolute atomic E-state index is 0.0357. The molecule has 0 radical (unpaired) electrons. The maximum Gasteiger partial charge on any atom is 0.335 e. The Morgan fingerprint density at radius 2 is 1.72 bits per heavy atom. The standard InChI is InChI=1S/C10H13F2NO3S2/c1-3-17(14,4-2)13-8-5-6-10(9(11)7-8)18(12,15)16/h5-7H,3-4H2,1-2H3. The number of hydrogen-bond donors (Lipinski definition) is 0. The van der Waals surface area contributed by atoms with Crippen LogP contribution < -0.4 is 0 Å². The molecule has 0 aliphatic carbocycles. The van der Waals surface area contributed by atoms with Crippen LogP contribution in [0.1, 0.15) is 13.8 Å². The Bertz CT molecular complexity index is 652. The molecule has 0 N–H and O–H groups in total. The molecule has 4 nitrogen and oxygen atoms in total. The molecule has 0 atom stereocenters. The molecule has 0 spiro atoms. The molecule has 18 heavy (non-hydrogen) atoms. The third-order valence-corrected chi connectivity index (χ3v) is 5.56. The molecule has 1 aromatic rings. The average Bonchev–Trinajstić information content (AvgIpc) is 2.27. The van der Waals surface area contributed by atoms with Gasteiger partial charge in [0.1, 0.15) is 10.7 Å². The summed E-state index contributed by atoms with van der Waals surface area (Å²) in [5, 5.41) is 0. The number of halogens is 2. The lowest BCUT2D eigenvalue weighted by atomic mass is 10.3. The van der Waals surface area contributed by atoms with E-state index in [0.717, 1.165) is 18.2 Å². The van der Waals surface area contributed by atoms with Gasteiger partial charge in [-0.25, -0.2) is 8.60 Å². The summed E-state index contributed by atoms with van der Waals surface area (Å²) in [7, 11) is -7.56. The topological polar surface area (TPSA) is 63.6 Å². The third kappa shape index (κ3) is 3.49. The fourth-order valence-electron chi connectivity index (χ4n) is 1.27. The fraction of sp³-hybridized carbons (Fsp3) is 0.400. The van der Waals surface area contributed by atoms with Crippen LogP contribution in [0.5, 0.6) is 0 Å². The SMILES string of the molecule is CCS(=O)(CC)=Nc1ccc(S(=O)(=O)F)c(F)c1. The van der Waals surface area contributed by atoms with Gasteiger partial charge in [-0.3, -0.25) is 0 Å². The van der Waals surface area contributed by atoms with Crippen molar-refractivity contribution >= 4 is 25.6 Å². The van der Waals surface area contributed by atoms with Crippen LogP contribution in [-0.2, 0) is 20.0 Å². The fourth-order valence-corrected chi connectivity index (χ4v) is 2.96. The van der Waals surface area contributed by atoms with E-state index in [9.17, 15) is 20.9 Å². The minimum atomic E-state index is -5.09. The van der Waals surface area contributed by atoms with Crippen molar-refractivity contribution in [1.82, 2.24) is 0 Å². The van der Waals surface area contributed by atoms with Crippen molar-refractivity contribution in [1.29, 1.82) is 0 Å². The molecule has 102 valence electrons. The monoisotopic (exact) mass is 297 g/mol. The molecule has 0 bridgehead atoms. The normalized spacial score (nSPS) is 12.4. The zero-order chi connectivity index (χ0) is 14.0. The van der Waals surface area contributed by atoms with E-state index in [1.807, 2.05) is 0 Å². The maximum absolute atomic E-state index is 13.4. The summed E-state index contributed by atoms with van der Waals surface area (Å²) in [6.45, 7) is 3.37. The van der Waals surface area contributed by atoms with Crippen LogP contribution in [0.25, 0.3) is 0 Å². The predicted octanol–water partition coefficient (Wildman–Crippen LogP) is 2.62. The first kappa shape index (κ1) is 15.0. The summed E-state index contributed by atoms with van der Waals surface area (Å²) in [4.78, 5) is -1.04. The first-order chi connectivity index (χ1) is 8.22. The van der Waals surface area contributed by atoms with Gasteiger partial charge in [-0.1, -0.05) is 13.8 Å². The second-order valence-corrected chi connectivity index (χ2v) is 7.69. The van der Waals surface area contributed by atoms with E-state index in [-0.39, 0.29) is 5.69 Å². The summed E-state index contributed by atoms with van der Waals surface area (Å²) >= 11 is 0. The molecule has 0 saturated carbocycles. The van der Waals surface area contributed by atoms with Crippen LogP contribution in [0.3, 0.4) is 0 Å². The Labute approximate surface area is 105 Å². The van der Waals surface area contributed by atoms with Crippen LogP contribution in [0.4, 0.5) is 14.0 Å². The second-order valence-electron chi connectivity index (χ2n) is 3.49. The van der Waals surface area contributed by atoms with Crippen molar-refractivity contribution < 1.29 is 20.9 Å². The minimum Gasteiger partial charge on any atom is -0.249 e. The molecule has 0 saturated heterocycles. The Morgan fingerprint density at radius 1 is 1.17 bits per heavy atom. The Balaban J connectivity index is 3.34. The molecule has 1 rings (SSSR count). The van der Waals surface area contributed by atoms with E-state index < -0.39 is 30.7 Å². The van der Waals surface area contributed by atoms with Gasteiger partial charge in [0.15, 0.2) is 0 Å². The molecular weight excluding hydrogens is 284 g/mol. The Morgan fingerprint density at radius 3 is 2.11 bits per heavy atom. The van der Waals surface area contributed by atoms with Gasteiger partial charge in [0.2, 0.25) is 0 Å². The largest absolute Gasteiger partial charge is 0.335 e. The smallest absolute Gasteiger partial charge is 0.249 e. The van der Waals surface area contributed by atoms with E-state index in [1.165, 1.54) is 0 Å². The van der Waals surface area contributed by atoms with Gasteiger partial charge in [0.05, 0.1) is 15.4 Å². The lowest BCUT2D eigenvalue weighted by molar-refractivity contribution is 0.534.